The maximum Gasteiger partial charge on any atom is 0.251 e. The Hall–Kier alpha value is -3.93. The van der Waals surface area contributed by atoms with Gasteiger partial charge in [0.05, 0.1) is 0 Å². The van der Waals surface area contributed by atoms with Crippen molar-refractivity contribution in [1.29, 1.82) is 0 Å². The number of para-hydroxylation sites is 1. The number of nitrogens with one attached hydrogen (secondary N) is 1. The minimum absolute atomic E-state index is 0.0804. The van der Waals surface area contributed by atoms with Crippen molar-refractivity contribution in [3.05, 3.63) is 107 Å². The first-order chi connectivity index (χ1) is 16.2. The van der Waals surface area contributed by atoms with Crippen LogP contribution >= 0.6 is 0 Å². The number of fused-ring (bicyclic) bond motifs is 1. The van der Waals surface area contributed by atoms with Crippen LogP contribution < -0.4 is 10.1 Å². The average Bonchev–Trinajstić information content (AvgIpc) is 3.23. The molecule has 4 aromatic rings. The Morgan fingerprint density at radius 2 is 1.82 bits per heavy atom. The molecule has 0 saturated heterocycles. The van der Waals surface area contributed by atoms with Crippen molar-refractivity contribution < 1.29 is 9.53 Å². The molecule has 0 radical (unpaired) electrons. The van der Waals surface area contributed by atoms with Crippen LogP contribution in [0.3, 0.4) is 0 Å². The number of aromatic nitrogens is 3. The summed E-state index contributed by atoms with van der Waals surface area (Å²) in [5.74, 6) is 3.80. The van der Waals surface area contributed by atoms with Gasteiger partial charge in [-0.15, -0.1) is 10.2 Å². The maximum atomic E-state index is 12.9. The van der Waals surface area contributed by atoms with Crippen molar-refractivity contribution in [2.75, 3.05) is 0 Å². The van der Waals surface area contributed by atoms with Gasteiger partial charge >= 0.3 is 0 Å². The van der Waals surface area contributed by atoms with Crippen LogP contribution in [0.2, 0.25) is 0 Å². The second-order valence-corrected chi connectivity index (χ2v) is 8.38. The van der Waals surface area contributed by atoms with Crippen molar-refractivity contribution >= 4 is 5.91 Å². The second kappa shape index (κ2) is 9.28. The van der Waals surface area contributed by atoms with Crippen LogP contribution in [-0.4, -0.2) is 20.7 Å². The van der Waals surface area contributed by atoms with Crippen molar-refractivity contribution in [2.45, 2.75) is 38.8 Å². The highest BCUT2D eigenvalue weighted by Crippen LogP contribution is 2.29. The van der Waals surface area contributed by atoms with Crippen LogP contribution in [-0.2, 0) is 19.5 Å². The summed E-state index contributed by atoms with van der Waals surface area (Å²) in [6.07, 6.45) is 1.92. The molecule has 1 unspecified atom stereocenters. The van der Waals surface area contributed by atoms with Crippen molar-refractivity contribution in [1.82, 2.24) is 20.1 Å². The first-order valence-corrected chi connectivity index (χ1v) is 11.2. The SMILES string of the molecule is Cc1nnc2n1CC(c1cccc(C(=O)NCc3cccc(Oc4ccccc4)c3)c1)CC2. The van der Waals surface area contributed by atoms with Gasteiger partial charge in [-0.3, -0.25) is 4.79 Å². The molecule has 0 spiro atoms. The summed E-state index contributed by atoms with van der Waals surface area (Å²) < 4.78 is 8.08. The third-order valence-electron chi connectivity index (χ3n) is 6.08. The molecule has 1 aromatic heterocycles. The number of benzene rings is 3. The standard InChI is InChI=1S/C27H26N4O2/c1-19-29-30-26-14-13-23(18-31(19)26)21-8-6-9-22(16-21)27(32)28-17-20-7-5-12-25(15-20)33-24-10-3-2-4-11-24/h2-12,15-16,23H,13-14,17-18H2,1H3,(H,28,32). The maximum absolute atomic E-state index is 12.9. The number of amides is 1. The predicted octanol–water partition coefficient (Wildman–Crippen LogP) is 5.04. The molecule has 1 N–H and O–H groups in total. The van der Waals surface area contributed by atoms with Crippen LogP contribution in [0.4, 0.5) is 0 Å². The monoisotopic (exact) mass is 438 g/mol. The Morgan fingerprint density at radius 1 is 1.00 bits per heavy atom. The number of ether oxygens (including phenoxy) is 1. The molecule has 1 aliphatic rings. The Bertz CT molecular complexity index is 1270. The van der Waals surface area contributed by atoms with Crippen molar-refractivity contribution in [3.8, 4) is 11.5 Å². The molecule has 6 nitrogen and oxygen atoms in total. The Kier molecular flexibility index (Phi) is 5.89. The molecule has 33 heavy (non-hydrogen) atoms. The number of rotatable bonds is 6. The van der Waals surface area contributed by atoms with Crippen LogP contribution in [0.5, 0.6) is 11.5 Å². The molecular weight excluding hydrogens is 412 g/mol. The quantitative estimate of drug-likeness (QED) is 0.458. The molecular formula is C27H26N4O2. The molecule has 1 atom stereocenters. The third-order valence-corrected chi connectivity index (χ3v) is 6.08. The zero-order valence-electron chi connectivity index (χ0n) is 18.6. The average molecular weight is 439 g/mol. The van der Waals surface area contributed by atoms with Gasteiger partial charge in [0.15, 0.2) is 0 Å². The van der Waals surface area contributed by atoms with Crippen molar-refractivity contribution in [3.63, 3.8) is 0 Å². The molecule has 0 saturated carbocycles. The fourth-order valence-electron chi connectivity index (χ4n) is 4.30. The lowest BCUT2D eigenvalue weighted by molar-refractivity contribution is 0.0950. The second-order valence-electron chi connectivity index (χ2n) is 8.38. The van der Waals surface area contributed by atoms with Gasteiger partial charge in [-0.25, -0.2) is 0 Å². The highest BCUT2D eigenvalue weighted by molar-refractivity contribution is 5.94. The number of carbonyl (C=O) groups is 1. The number of hydrogen-bond acceptors (Lipinski definition) is 4. The minimum atomic E-state index is -0.0804. The first-order valence-electron chi connectivity index (χ1n) is 11.2. The van der Waals surface area contributed by atoms with Crippen LogP contribution in [0.15, 0.2) is 78.9 Å². The van der Waals surface area contributed by atoms with Gasteiger partial charge in [0, 0.05) is 31.0 Å². The van der Waals surface area contributed by atoms with Gasteiger partial charge < -0.3 is 14.6 Å². The van der Waals surface area contributed by atoms with E-state index in [9.17, 15) is 4.79 Å². The van der Waals surface area contributed by atoms with E-state index >= 15 is 0 Å². The largest absolute Gasteiger partial charge is 0.457 e. The summed E-state index contributed by atoms with van der Waals surface area (Å²) in [7, 11) is 0. The lowest BCUT2D eigenvalue weighted by atomic mass is 9.90. The van der Waals surface area contributed by atoms with E-state index < -0.39 is 0 Å². The highest BCUT2D eigenvalue weighted by Gasteiger charge is 2.23. The highest BCUT2D eigenvalue weighted by atomic mass is 16.5. The van der Waals surface area contributed by atoms with Crippen LogP contribution in [0.1, 0.15) is 45.5 Å². The van der Waals surface area contributed by atoms with E-state index in [1.807, 2.05) is 79.7 Å². The zero-order valence-corrected chi connectivity index (χ0v) is 18.6. The molecule has 0 aliphatic carbocycles. The number of aryl methyl sites for hydroxylation is 2. The normalized spacial score (nSPS) is 15.0. The molecule has 3 aromatic carbocycles. The molecule has 0 bridgehead atoms. The van der Waals surface area contributed by atoms with E-state index in [-0.39, 0.29) is 5.91 Å². The Labute approximate surface area is 193 Å². The molecule has 1 amide bonds. The Balaban J connectivity index is 1.23. The summed E-state index contributed by atoms with van der Waals surface area (Å²) in [4.78, 5) is 12.9. The molecule has 0 fully saturated rings. The van der Waals surface area contributed by atoms with Gasteiger partial charge in [-0.2, -0.15) is 0 Å². The minimum Gasteiger partial charge on any atom is -0.457 e. The lowest BCUT2D eigenvalue weighted by Gasteiger charge is -2.24. The summed E-state index contributed by atoms with van der Waals surface area (Å²) >= 11 is 0. The first kappa shape index (κ1) is 20.9. The topological polar surface area (TPSA) is 69.0 Å². The number of hydrogen-bond donors (Lipinski definition) is 1. The lowest BCUT2D eigenvalue weighted by Crippen LogP contribution is -2.24. The van der Waals surface area contributed by atoms with Crippen LogP contribution in [0, 0.1) is 6.92 Å². The van der Waals surface area contributed by atoms with E-state index in [4.69, 9.17) is 4.74 Å². The fraction of sp³-hybridized carbons (Fsp3) is 0.222. The van der Waals surface area contributed by atoms with Gasteiger partial charge in [0.1, 0.15) is 23.1 Å². The Morgan fingerprint density at radius 3 is 2.70 bits per heavy atom. The fourth-order valence-corrected chi connectivity index (χ4v) is 4.30. The van der Waals surface area contributed by atoms with E-state index in [1.54, 1.807) is 0 Å². The smallest absolute Gasteiger partial charge is 0.251 e. The van der Waals surface area contributed by atoms with E-state index in [0.29, 0.717) is 18.0 Å². The summed E-state index contributed by atoms with van der Waals surface area (Å²) in [6, 6.07) is 25.4. The molecule has 166 valence electrons. The van der Waals surface area contributed by atoms with Gasteiger partial charge in [0.2, 0.25) is 0 Å². The molecule has 1 aliphatic heterocycles. The van der Waals surface area contributed by atoms with Gasteiger partial charge in [-0.05, 0) is 60.9 Å². The van der Waals surface area contributed by atoms with Gasteiger partial charge in [-0.1, -0.05) is 42.5 Å². The molecule has 5 rings (SSSR count). The number of nitrogens with zero attached hydrogens (tertiary/aromatic N) is 3. The summed E-state index contributed by atoms with van der Waals surface area (Å²) in [5, 5.41) is 11.5. The summed E-state index contributed by atoms with van der Waals surface area (Å²) in [5.41, 5.74) is 2.84. The van der Waals surface area contributed by atoms with Gasteiger partial charge in [0.25, 0.3) is 5.91 Å². The van der Waals surface area contributed by atoms with Crippen LogP contribution in [0.25, 0.3) is 0 Å². The third kappa shape index (κ3) is 4.80. The number of carbonyl (C=O) groups excluding carboxylic acids is 1. The van der Waals surface area contributed by atoms with E-state index in [1.165, 1.54) is 5.56 Å². The van der Waals surface area contributed by atoms with E-state index in [0.717, 1.165) is 48.1 Å². The molecule has 2 heterocycles. The summed E-state index contributed by atoms with van der Waals surface area (Å²) in [6.45, 7) is 3.28. The van der Waals surface area contributed by atoms with E-state index in [2.05, 4.69) is 26.1 Å². The van der Waals surface area contributed by atoms with Crippen molar-refractivity contribution in [2.24, 2.45) is 0 Å². The zero-order chi connectivity index (χ0) is 22.6. The molecule has 6 heteroatoms. The predicted molar refractivity (Wildman–Crippen MR) is 126 cm³/mol.